The van der Waals surface area contributed by atoms with E-state index in [1.807, 2.05) is 37.3 Å². The number of thioether (sulfide) groups is 2. The number of methoxy groups -OCH3 is 1. The number of benzene rings is 1. The Hall–Kier alpha value is -2.27. The molecule has 4 rings (SSSR count). The SMILES string of the molecule is C=CCN1C(=O)C(=c2sc(=C/C=C3/Sc4ccc(OC)cc4N3CC)c(=O)n2CC)SC1=S. The zero-order chi connectivity index (χ0) is 23.7. The highest BCUT2D eigenvalue weighted by Gasteiger charge is 2.33. The zero-order valence-corrected chi connectivity index (χ0v) is 21.8. The van der Waals surface area contributed by atoms with Gasteiger partial charge in [-0.05, 0) is 38.1 Å². The third kappa shape index (κ3) is 4.32. The summed E-state index contributed by atoms with van der Waals surface area (Å²) in [6, 6.07) is 6.02. The van der Waals surface area contributed by atoms with Crippen molar-refractivity contribution in [3.05, 3.63) is 61.5 Å². The average molecular weight is 518 g/mol. The standard InChI is InChI=1S/C23H23N3O3S4/c1-5-12-26-21(28)19(33-23(26)30)22-25(7-3)20(27)17(32-22)10-11-18-24(6-2)15-13-14(29-4)8-9-16(15)31-18/h5,8-11,13H,1,6-7,12H2,2-4H3/b17-10?,18-11+,22-19?. The number of thiocarbonyl (C=S) groups is 1. The van der Waals surface area contributed by atoms with Crippen LogP contribution < -0.4 is 24.4 Å². The summed E-state index contributed by atoms with van der Waals surface area (Å²) < 4.78 is 8.74. The lowest BCUT2D eigenvalue weighted by molar-refractivity contribution is -0.120. The number of aromatic nitrogens is 1. The molecule has 1 aromatic heterocycles. The van der Waals surface area contributed by atoms with Crippen molar-refractivity contribution in [2.75, 3.05) is 25.1 Å². The molecule has 10 heteroatoms. The van der Waals surface area contributed by atoms with Crippen LogP contribution in [0, 0.1) is 0 Å². The summed E-state index contributed by atoms with van der Waals surface area (Å²) >= 11 is 9.60. The molecule has 0 spiro atoms. The number of rotatable bonds is 6. The van der Waals surface area contributed by atoms with Crippen LogP contribution in [0.5, 0.6) is 5.75 Å². The van der Waals surface area contributed by atoms with E-state index in [1.165, 1.54) is 28.0 Å². The van der Waals surface area contributed by atoms with E-state index in [0.29, 0.717) is 31.5 Å². The molecule has 0 unspecified atom stereocenters. The van der Waals surface area contributed by atoms with Crippen molar-refractivity contribution in [1.82, 2.24) is 9.47 Å². The number of carbonyl (C=O) groups excluding carboxylic acids is 1. The van der Waals surface area contributed by atoms with Crippen LogP contribution in [0.25, 0.3) is 11.0 Å². The van der Waals surface area contributed by atoms with E-state index in [9.17, 15) is 9.59 Å². The first-order chi connectivity index (χ1) is 15.9. The highest BCUT2D eigenvalue weighted by Crippen LogP contribution is 2.47. The van der Waals surface area contributed by atoms with Crippen LogP contribution in [0.4, 0.5) is 5.69 Å². The largest absolute Gasteiger partial charge is 0.497 e. The Kier molecular flexibility index (Phi) is 7.18. The number of ether oxygens (including phenoxy) is 1. The number of hydrogen-bond acceptors (Lipinski definition) is 8. The highest BCUT2D eigenvalue weighted by atomic mass is 32.2. The number of fused-ring (bicyclic) bond motifs is 1. The van der Waals surface area contributed by atoms with Gasteiger partial charge in [0.15, 0.2) is 0 Å². The summed E-state index contributed by atoms with van der Waals surface area (Å²) in [6.45, 7) is 9.31. The monoisotopic (exact) mass is 517 g/mol. The molecular formula is C23H23N3O3S4. The summed E-state index contributed by atoms with van der Waals surface area (Å²) in [4.78, 5) is 31.4. The number of hydrogen-bond donors (Lipinski definition) is 0. The van der Waals surface area contributed by atoms with E-state index in [-0.39, 0.29) is 11.5 Å². The van der Waals surface area contributed by atoms with Gasteiger partial charge in [0.1, 0.15) is 19.6 Å². The van der Waals surface area contributed by atoms with E-state index >= 15 is 0 Å². The Balaban J connectivity index is 1.78. The molecule has 3 heterocycles. The molecule has 1 amide bonds. The first-order valence-electron chi connectivity index (χ1n) is 10.4. The minimum atomic E-state index is -0.175. The smallest absolute Gasteiger partial charge is 0.269 e. The molecule has 0 bridgehead atoms. The average Bonchev–Trinajstić information content (AvgIpc) is 3.43. The first kappa shape index (κ1) is 23.9. The normalized spacial score (nSPS) is 19.1. The Morgan fingerprint density at radius 2 is 1.91 bits per heavy atom. The predicted molar refractivity (Wildman–Crippen MR) is 143 cm³/mol. The van der Waals surface area contributed by atoms with Crippen molar-refractivity contribution in [1.29, 1.82) is 0 Å². The molecule has 0 saturated carbocycles. The second-order valence-corrected chi connectivity index (χ2v) is 10.8. The highest BCUT2D eigenvalue weighted by molar-refractivity contribution is 8.30. The number of anilines is 1. The van der Waals surface area contributed by atoms with E-state index in [1.54, 1.807) is 29.5 Å². The number of amides is 1. The van der Waals surface area contributed by atoms with Gasteiger partial charge in [-0.3, -0.25) is 19.1 Å². The maximum atomic E-state index is 13.1. The molecule has 1 fully saturated rings. The fraction of sp³-hybridized carbons (Fsp3) is 0.261. The van der Waals surface area contributed by atoms with Gasteiger partial charge >= 0.3 is 0 Å². The lowest BCUT2D eigenvalue weighted by Crippen LogP contribution is -2.33. The van der Waals surface area contributed by atoms with E-state index < -0.39 is 0 Å². The summed E-state index contributed by atoms with van der Waals surface area (Å²) in [5, 5.41) is 1.04. The molecular weight excluding hydrogens is 495 g/mol. The molecule has 1 saturated heterocycles. The van der Waals surface area contributed by atoms with Crippen LogP contribution in [-0.2, 0) is 11.3 Å². The first-order valence-corrected chi connectivity index (χ1v) is 13.2. The zero-order valence-electron chi connectivity index (χ0n) is 18.5. The molecule has 2 aliphatic rings. The van der Waals surface area contributed by atoms with Crippen molar-refractivity contribution in [3.63, 3.8) is 0 Å². The third-order valence-electron chi connectivity index (χ3n) is 5.21. The van der Waals surface area contributed by atoms with E-state index in [0.717, 1.165) is 27.9 Å². The summed E-state index contributed by atoms with van der Waals surface area (Å²) in [5.74, 6) is 0.636. The number of allylic oxidation sites excluding steroid dienone is 1. The van der Waals surface area contributed by atoms with Gasteiger partial charge < -0.3 is 9.64 Å². The van der Waals surface area contributed by atoms with Crippen LogP contribution in [0.15, 0.2) is 51.6 Å². The van der Waals surface area contributed by atoms with Gasteiger partial charge in [-0.25, -0.2) is 0 Å². The lowest BCUT2D eigenvalue weighted by Gasteiger charge is -2.18. The Bertz CT molecular complexity index is 1360. The van der Waals surface area contributed by atoms with Crippen molar-refractivity contribution in [2.24, 2.45) is 0 Å². The van der Waals surface area contributed by atoms with Crippen molar-refractivity contribution < 1.29 is 9.53 Å². The minimum absolute atomic E-state index is 0.103. The predicted octanol–water partition coefficient (Wildman–Crippen LogP) is 3.35. The third-order valence-corrected chi connectivity index (χ3v) is 9.06. The second kappa shape index (κ2) is 9.92. The minimum Gasteiger partial charge on any atom is -0.497 e. The van der Waals surface area contributed by atoms with Crippen LogP contribution in [0.3, 0.4) is 0 Å². The number of thiazole rings is 1. The van der Waals surface area contributed by atoms with Crippen LogP contribution in [-0.4, -0.2) is 39.9 Å². The molecule has 6 nitrogen and oxygen atoms in total. The number of carbonyl (C=O) groups is 1. The van der Waals surface area contributed by atoms with E-state index in [2.05, 4.69) is 18.4 Å². The Labute approximate surface area is 209 Å². The van der Waals surface area contributed by atoms with Crippen molar-refractivity contribution >= 4 is 74.0 Å². The van der Waals surface area contributed by atoms with Crippen LogP contribution in [0.1, 0.15) is 13.8 Å². The fourth-order valence-electron chi connectivity index (χ4n) is 3.61. The van der Waals surface area contributed by atoms with Crippen molar-refractivity contribution in [2.45, 2.75) is 25.3 Å². The lowest BCUT2D eigenvalue weighted by atomic mass is 10.2. The number of nitrogens with zero attached hydrogens (tertiary/aromatic N) is 3. The second-order valence-electron chi connectivity index (χ2n) is 7.07. The molecule has 1 aromatic carbocycles. The van der Waals surface area contributed by atoms with E-state index in [4.69, 9.17) is 17.0 Å². The molecule has 0 aliphatic carbocycles. The maximum Gasteiger partial charge on any atom is 0.269 e. The van der Waals surface area contributed by atoms with Crippen LogP contribution in [0.2, 0.25) is 0 Å². The Morgan fingerprint density at radius 1 is 1.12 bits per heavy atom. The molecule has 0 atom stereocenters. The maximum absolute atomic E-state index is 13.1. The van der Waals surface area contributed by atoms with Gasteiger partial charge in [0.25, 0.3) is 11.5 Å². The molecule has 0 radical (unpaired) electrons. The van der Waals surface area contributed by atoms with Gasteiger partial charge in [0.2, 0.25) is 0 Å². The molecule has 0 N–H and O–H groups in total. The van der Waals surface area contributed by atoms with Crippen molar-refractivity contribution in [3.8, 4) is 5.75 Å². The van der Waals surface area contributed by atoms with Gasteiger partial charge in [0.05, 0.1) is 22.4 Å². The summed E-state index contributed by atoms with van der Waals surface area (Å²) in [7, 11) is 1.66. The summed E-state index contributed by atoms with van der Waals surface area (Å²) in [6.07, 6.45) is 5.47. The van der Waals surface area contributed by atoms with Gasteiger partial charge in [-0.2, -0.15) is 0 Å². The van der Waals surface area contributed by atoms with Gasteiger partial charge in [-0.1, -0.05) is 41.8 Å². The molecule has 33 heavy (non-hydrogen) atoms. The quantitative estimate of drug-likeness (QED) is 0.430. The van der Waals surface area contributed by atoms with Gasteiger partial charge in [0, 0.05) is 30.6 Å². The topological polar surface area (TPSA) is 54.8 Å². The Morgan fingerprint density at radius 3 is 2.58 bits per heavy atom. The molecule has 172 valence electrons. The van der Waals surface area contributed by atoms with Gasteiger partial charge in [-0.15, -0.1) is 17.9 Å². The summed E-state index contributed by atoms with van der Waals surface area (Å²) in [5.41, 5.74) is 0.993. The van der Waals surface area contributed by atoms with Crippen LogP contribution >= 0.6 is 47.1 Å². The fourth-order valence-corrected chi connectivity index (χ4v) is 7.26. The molecule has 2 aliphatic heterocycles. The molecule has 2 aromatic rings.